The van der Waals surface area contributed by atoms with Crippen LogP contribution in [-0.2, 0) is 24.2 Å². The maximum Gasteiger partial charge on any atom is 0.0183 e. The average molecular weight is 518 g/mol. The molecule has 0 radical (unpaired) electrons. The summed E-state index contributed by atoms with van der Waals surface area (Å²) in [5.41, 5.74) is 6.75. The summed E-state index contributed by atoms with van der Waals surface area (Å²) in [6, 6.07) is 17.8. The van der Waals surface area contributed by atoms with Crippen LogP contribution in [0.2, 0.25) is 0 Å². The van der Waals surface area contributed by atoms with Crippen molar-refractivity contribution in [2.24, 2.45) is 0 Å². The van der Waals surface area contributed by atoms with Gasteiger partial charge in [-0.3, -0.25) is 9.97 Å². The van der Waals surface area contributed by atoms with E-state index in [0.717, 1.165) is 28.9 Å². The molecule has 0 atom stereocenters. The molecule has 1 aliphatic rings. The van der Waals surface area contributed by atoms with Crippen molar-refractivity contribution in [3.63, 3.8) is 0 Å². The fourth-order valence-electron chi connectivity index (χ4n) is 2.57. The Morgan fingerprint density at radius 3 is 2.57 bits per heavy atom. The Hall–Kier alpha value is -1.31. The Morgan fingerprint density at radius 1 is 0.905 bits per heavy atom. The maximum atomic E-state index is 4.48. The fourth-order valence-corrected chi connectivity index (χ4v) is 2.57. The van der Waals surface area contributed by atoms with Gasteiger partial charge in [0.1, 0.15) is 0 Å². The molecule has 0 aliphatic heterocycles. The summed E-state index contributed by atoms with van der Waals surface area (Å²) in [5, 5.41) is 0. The van der Waals surface area contributed by atoms with Crippen molar-refractivity contribution in [2.45, 2.75) is 6.42 Å². The van der Waals surface area contributed by atoms with E-state index >= 15 is 0 Å². The fraction of sp³-hybridized carbons (Fsp3) is 0.0588. The van der Waals surface area contributed by atoms with Crippen LogP contribution in [0.5, 0.6) is 0 Å². The second kappa shape index (κ2) is 6.63. The van der Waals surface area contributed by atoms with Crippen LogP contribution in [-0.4, -0.2) is 9.97 Å². The van der Waals surface area contributed by atoms with Gasteiger partial charge in [-0.1, -0.05) is 34.9 Å². The van der Waals surface area contributed by atoms with E-state index in [1.54, 1.807) is 0 Å². The van der Waals surface area contributed by atoms with Crippen LogP contribution in [0.4, 0.5) is 0 Å². The van der Waals surface area contributed by atoms with Crippen LogP contribution in [0.25, 0.3) is 22.5 Å². The zero-order valence-corrected chi connectivity index (χ0v) is 14.9. The summed E-state index contributed by atoms with van der Waals surface area (Å²) in [4.78, 5) is 8.86. The number of aromatic nitrogens is 2. The van der Waals surface area contributed by atoms with Crippen molar-refractivity contribution in [3.05, 3.63) is 72.1 Å². The Labute approximate surface area is 141 Å². The second-order valence-electron chi connectivity index (χ2n) is 4.68. The van der Waals surface area contributed by atoms with E-state index in [1.165, 1.54) is 11.1 Å². The predicted molar refractivity (Wildman–Crippen MR) is 83.5 cm³/mol. The van der Waals surface area contributed by atoms with Crippen molar-refractivity contribution in [1.29, 1.82) is 0 Å². The molecule has 2 nitrogen and oxygen atoms in total. The summed E-state index contributed by atoms with van der Waals surface area (Å²) in [7, 11) is 0. The van der Waals surface area contributed by atoms with Gasteiger partial charge >= 0.3 is 31.1 Å². The van der Waals surface area contributed by atoms with Gasteiger partial charge in [-0.25, -0.2) is 0 Å². The van der Waals surface area contributed by atoms with Gasteiger partial charge in [0.2, 0.25) is 0 Å². The van der Waals surface area contributed by atoms with Gasteiger partial charge in [0.15, 0.2) is 0 Å². The van der Waals surface area contributed by atoms with E-state index < -0.39 is 0 Å². The van der Waals surface area contributed by atoms with Gasteiger partial charge in [0, 0.05) is 23.8 Å². The minimum absolute atomic E-state index is 0.953. The third-order valence-corrected chi connectivity index (χ3v) is 3.48. The maximum absolute atomic E-state index is 4.48. The van der Waals surface area contributed by atoms with Gasteiger partial charge in [0.25, 0.3) is 0 Å². The molecule has 4 heteroatoms. The summed E-state index contributed by atoms with van der Waals surface area (Å²) in [5.74, 6) is 0. The van der Waals surface area contributed by atoms with Crippen LogP contribution in [0.15, 0.2) is 54.9 Å². The van der Waals surface area contributed by atoms with E-state index in [0.29, 0.717) is 0 Å². The van der Waals surface area contributed by atoms with Gasteiger partial charge < -0.3 is 0 Å². The molecule has 3 aromatic rings. The number of nitrogens with zero attached hydrogens (tertiary/aromatic N) is 2. The normalized spacial score (nSPS) is 11.2. The molecule has 0 fully saturated rings. The molecule has 21 heavy (non-hydrogen) atoms. The van der Waals surface area contributed by atoms with Gasteiger partial charge in [0.05, 0.1) is 0 Å². The first kappa shape index (κ1) is 14.6. The van der Waals surface area contributed by atoms with E-state index in [-0.39, 0.29) is 0 Å². The van der Waals surface area contributed by atoms with Crippen molar-refractivity contribution < 1.29 is 17.8 Å². The molecule has 0 spiro atoms. The molecule has 0 saturated heterocycles. The van der Waals surface area contributed by atoms with Crippen LogP contribution in [0, 0.1) is 6.07 Å². The molecule has 1 aliphatic carbocycles. The van der Waals surface area contributed by atoms with Gasteiger partial charge in [-0.2, -0.15) is 0 Å². The zero-order valence-electron chi connectivity index (χ0n) is 11.0. The number of benzene rings is 1. The third kappa shape index (κ3) is 2.86. The van der Waals surface area contributed by atoms with Crippen molar-refractivity contribution in [1.82, 2.24) is 9.97 Å². The molecule has 0 N–H and O–H groups in total. The molecule has 2 aromatic heterocycles. The summed E-state index contributed by atoms with van der Waals surface area (Å²) < 4.78 is 0. The monoisotopic (exact) mass is 517 g/mol. The van der Waals surface area contributed by atoms with E-state index in [4.69, 9.17) is 0 Å². The quantitative estimate of drug-likeness (QED) is 0.351. The zero-order chi connectivity index (χ0) is 14.7. The first-order chi connectivity index (χ1) is 10.4. The SMILES string of the molecule is [Br][Pt+].[c-]1c(-c2ccccn2)ccc2c1-c1ncccc1C2. The minimum atomic E-state index is 0.953. The van der Waals surface area contributed by atoms with Crippen LogP contribution in [0.1, 0.15) is 11.1 Å². The number of rotatable bonds is 1. The molecule has 0 unspecified atom stereocenters. The minimum Gasteiger partial charge on any atom is -0.295 e. The van der Waals surface area contributed by atoms with E-state index in [9.17, 15) is 0 Å². The largest absolute Gasteiger partial charge is 0.295 e. The van der Waals surface area contributed by atoms with Gasteiger partial charge in [-0.15, -0.1) is 23.8 Å². The number of pyridine rings is 2. The predicted octanol–water partition coefficient (Wildman–Crippen LogP) is 4.36. The Morgan fingerprint density at radius 2 is 1.76 bits per heavy atom. The number of hydrogen-bond donors (Lipinski definition) is 0. The number of hydrogen-bond acceptors (Lipinski definition) is 2. The van der Waals surface area contributed by atoms with Crippen LogP contribution >= 0.6 is 13.3 Å². The third-order valence-electron chi connectivity index (χ3n) is 3.48. The van der Waals surface area contributed by atoms with Crippen molar-refractivity contribution in [3.8, 4) is 22.5 Å². The van der Waals surface area contributed by atoms with E-state index in [1.807, 2.05) is 54.4 Å². The summed E-state index contributed by atoms with van der Waals surface area (Å²) in [6.45, 7) is 0. The summed E-state index contributed by atoms with van der Waals surface area (Å²) in [6.07, 6.45) is 4.61. The Kier molecular flexibility index (Phi) is 4.62. The smallest absolute Gasteiger partial charge is 0.0183 e. The molecular weight excluding hydrogens is 507 g/mol. The average Bonchev–Trinajstić information content (AvgIpc) is 2.95. The van der Waals surface area contributed by atoms with Crippen molar-refractivity contribution >= 4 is 13.3 Å². The number of halogens is 1. The topological polar surface area (TPSA) is 25.8 Å². The molecule has 4 rings (SSSR count). The second-order valence-corrected chi connectivity index (χ2v) is 4.68. The molecule has 1 aromatic carbocycles. The first-order valence-corrected chi connectivity index (χ1v) is 11.4. The summed E-state index contributed by atoms with van der Waals surface area (Å²) >= 11 is 4.86. The first-order valence-electron chi connectivity index (χ1n) is 6.44. The molecule has 0 bridgehead atoms. The van der Waals surface area contributed by atoms with Gasteiger partial charge in [-0.05, 0) is 18.6 Å². The Balaban J connectivity index is 0.000000636. The molecular formula is C17H11BrN2Pt. The molecule has 106 valence electrons. The van der Waals surface area contributed by atoms with E-state index in [2.05, 4.69) is 47.5 Å². The standard InChI is InChI=1S/C17H11N2.BrH.Pt/c1-2-8-18-16(5-1)13-7-6-12-10-14-4-3-9-19-17(14)15(12)11-13;;/h1-9H,10H2;1H;/q-1;;+2/p-1. The molecule has 0 amide bonds. The number of fused-ring (bicyclic) bond motifs is 3. The van der Waals surface area contributed by atoms with Crippen molar-refractivity contribution in [2.75, 3.05) is 0 Å². The Bertz CT molecular complexity index is 760. The molecule has 2 heterocycles. The molecule has 0 saturated carbocycles. The van der Waals surface area contributed by atoms with Crippen LogP contribution in [0.3, 0.4) is 0 Å². The van der Waals surface area contributed by atoms with Crippen LogP contribution < -0.4 is 0 Å².